The van der Waals surface area contributed by atoms with Crippen molar-refractivity contribution in [3.8, 4) is 0 Å². The number of carbonyl (C=O) groups excluding carboxylic acids is 1. The zero-order valence-electron chi connectivity index (χ0n) is 13.8. The van der Waals surface area contributed by atoms with Gasteiger partial charge in [-0.1, -0.05) is 36.0 Å². The summed E-state index contributed by atoms with van der Waals surface area (Å²) in [5, 5.41) is 18.8. The Labute approximate surface area is 144 Å². The van der Waals surface area contributed by atoms with Crippen LogP contribution in [-0.2, 0) is 9.59 Å². The predicted octanol–water partition coefficient (Wildman–Crippen LogP) is 1.71. The molecular formula is C16H20N4O3S. The lowest BCUT2D eigenvalue weighted by Gasteiger charge is -2.19. The molecule has 128 valence electrons. The SMILES string of the molecule is CC(c1ccc(C=NN=C2NC(=O)C(CC(=O)O)S2)cc1)N(C)C. The van der Waals surface area contributed by atoms with Crippen LogP contribution in [0.4, 0.5) is 0 Å². The fraction of sp³-hybridized carbons (Fsp3) is 0.375. The van der Waals surface area contributed by atoms with Crippen molar-refractivity contribution in [2.45, 2.75) is 24.6 Å². The molecule has 24 heavy (non-hydrogen) atoms. The zero-order chi connectivity index (χ0) is 17.7. The third kappa shape index (κ3) is 4.90. The van der Waals surface area contributed by atoms with E-state index >= 15 is 0 Å². The van der Waals surface area contributed by atoms with Gasteiger partial charge in [-0.25, -0.2) is 0 Å². The molecule has 0 bridgehead atoms. The van der Waals surface area contributed by atoms with Crippen molar-refractivity contribution < 1.29 is 14.7 Å². The van der Waals surface area contributed by atoms with Gasteiger partial charge in [0.05, 0.1) is 12.6 Å². The van der Waals surface area contributed by atoms with Gasteiger partial charge in [-0.05, 0) is 32.1 Å². The summed E-state index contributed by atoms with van der Waals surface area (Å²) < 4.78 is 0. The summed E-state index contributed by atoms with van der Waals surface area (Å²) in [5.74, 6) is -1.36. The Morgan fingerprint density at radius 2 is 2.08 bits per heavy atom. The number of benzene rings is 1. The molecule has 1 aromatic rings. The van der Waals surface area contributed by atoms with Crippen molar-refractivity contribution in [1.29, 1.82) is 0 Å². The van der Waals surface area contributed by atoms with E-state index in [2.05, 4.69) is 27.3 Å². The number of rotatable bonds is 6. The first-order valence-corrected chi connectivity index (χ1v) is 8.31. The molecule has 2 N–H and O–H groups in total. The van der Waals surface area contributed by atoms with E-state index in [9.17, 15) is 9.59 Å². The lowest BCUT2D eigenvalue weighted by molar-refractivity contribution is -0.138. The molecule has 2 unspecified atom stereocenters. The molecule has 0 saturated carbocycles. The fourth-order valence-corrected chi connectivity index (χ4v) is 2.97. The van der Waals surface area contributed by atoms with Gasteiger partial charge in [0.15, 0.2) is 5.17 Å². The highest BCUT2D eigenvalue weighted by Crippen LogP contribution is 2.22. The topological polar surface area (TPSA) is 94.4 Å². The largest absolute Gasteiger partial charge is 0.481 e. The molecule has 2 atom stereocenters. The van der Waals surface area contributed by atoms with Crippen LogP contribution in [0.1, 0.15) is 30.5 Å². The number of thioether (sulfide) groups is 1. The lowest BCUT2D eigenvalue weighted by Crippen LogP contribution is -2.26. The van der Waals surface area contributed by atoms with Gasteiger partial charge >= 0.3 is 5.97 Å². The third-order valence-electron chi connectivity index (χ3n) is 3.69. The summed E-state index contributed by atoms with van der Waals surface area (Å²) in [6.45, 7) is 2.13. The van der Waals surface area contributed by atoms with E-state index in [-0.39, 0.29) is 12.3 Å². The number of carboxylic acids is 1. The number of nitrogens with zero attached hydrogens (tertiary/aromatic N) is 3. The minimum absolute atomic E-state index is 0.231. The maximum absolute atomic E-state index is 11.6. The Morgan fingerprint density at radius 3 is 2.67 bits per heavy atom. The molecule has 1 aromatic carbocycles. The molecule has 1 saturated heterocycles. The van der Waals surface area contributed by atoms with E-state index in [1.54, 1.807) is 6.21 Å². The number of amidine groups is 1. The monoisotopic (exact) mass is 348 g/mol. The van der Waals surface area contributed by atoms with Gasteiger partial charge < -0.3 is 15.3 Å². The molecule has 7 nitrogen and oxygen atoms in total. The van der Waals surface area contributed by atoms with E-state index in [1.807, 2.05) is 38.4 Å². The zero-order valence-corrected chi connectivity index (χ0v) is 14.6. The van der Waals surface area contributed by atoms with E-state index in [4.69, 9.17) is 5.11 Å². The number of hydrogen-bond donors (Lipinski definition) is 2. The highest BCUT2D eigenvalue weighted by atomic mass is 32.2. The van der Waals surface area contributed by atoms with Gasteiger partial charge in [0, 0.05) is 6.04 Å². The molecule has 0 spiro atoms. The Balaban J connectivity index is 1.97. The van der Waals surface area contributed by atoms with Crippen LogP contribution in [0.2, 0.25) is 0 Å². The normalized spacial score (nSPS) is 20.8. The first-order valence-electron chi connectivity index (χ1n) is 7.43. The number of carboxylic acid groups (broad SMARTS) is 1. The fourth-order valence-electron chi connectivity index (χ4n) is 2.05. The highest BCUT2D eigenvalue weighted by Gasteiger charge is 2.32. The number of carbonyl (C=O) groups is 2. The van der Waals surface area contributed by atoms with Crippen LogP contribution >= 0.6 is 11.8 Å². The average molecular weight is 348 g/mol. The van der Waals surface area contributed by atoms with Crippen LogP contribution in [0.3, 0.4) is 0 Å². The smallest absolute Gasteiger partial charge is 0.305 e. The second-order valence-electron chi connectivity index (χ2n) is 5.65. The maximum atomic E-state index is 11.6. The molecule has 0 radical (unpaired) electrons. The van der Waals surface area contributed by atoms with Crippen molar-refractivity contribution in [3.63, 3.8) is 0 Å². The Morgan fingerprint density at radius 1 is 1.42 bits per heavy atom. The summed E-state index contributed by atoms with van der Waals surface area (Å²) in [6.07, 6.45) is 1.36. The van der Waals surface area contributed by atoms with Crippen LogP contribution in [0.25, 0.3) is 0 Å². The highest BCUT2D eigenvalue weighted by molar-refractivity contribution is 8.15. The molecule has 8 heteroatoms. The molecule has 0 aliphatic carbocycles. The number of nitrogens with one attached hydrogen (secondary N) is 1. The lowest BCUT2D eigenvalue weighted by atomic mass is 10.1. The molecule has 2 rings (SSSR count). The van der Waals surface area contributed by atoms with Gasteiger partial charge in [0.1, 0.15) is 5.25 Å². The van der Waals surface area contributed by atoms with Crippen molar-refractivity contribution >= 4 is 35.0 Å². The number of aliphatic carboxylic acids is 1. The standard InChI is InChI=1S/C16H20N4O3S/c1-10(20(2)3)12-6-4-11(5-7-12)9-17-19-16-18-15(23)13(24-16)8-14(21)22/h4-7,9-10,13H,8H2,1-3H3,(H,21,22)(H,18,19,23). The number of amides is 1. The predicted molar refractivity (Wildman–Crippen MR) is 95.3 cm³/mol. The van der Waals surface area contributed by atoms with Crippen LogP contribution in [0.5, 0.6) is 0 Å². The Kier molecular flexibility index (Phi) is 6.10. The number of hydrogen-bond acceptors (Lipinski definition) is 6. The third-order valence-corrected chi connectivity index (χ3v) is 4.76. The van der Waals surface area contributed by atoms with E-state index in [0.29, 0.717) is 11.2 Å². The summed E-state index contributed by atoms with van der Waals surface area (Å²) in [6, 6.07) is 8.30. The molecule has 1 fully saturated rings. The molecule has 1 amide bonds. The van der Waals surface area contributed by atoms with Gasteiger partial charge in [-0.3, -0.25) is 9.59 Å². The second kappa shape index (κ2) is 8.07. The summed E-state index contributed by atoms with van der Waals surface area (Å²) in [7, 11) is 4.06. The van der Waals surface area contributed by atoms with E-state index in [1.165, 1.54) is 5.56 Å². The minimum atomic E-state index is -1.01. The molecule has 0 aromatic heterocycles. The summed E-state index contributed by atoms with van der Waals surface area (Å²) in [4.78, 5) is 24.4. The molecule has 1 aliphatic heterocycles. The van der Waals surface area contributed by atoms with Crippen LogP contribution in [-0.4, -0.2) is 52.6 Å². The first kappa shape index (κ1) is 18.2. The van der Waals surface area contributed by atoms with Crippen molar-refractivity contribution in [2.75, 3.05) is 14.1 Å². The summed E-state index contributed by atoms with van der Waals surface area (Å²) >= 11 is 1.08. The second-order valence-corrected chi connectivity index (χ2v) is 6.84. The first-order chi connectivity index (χ1) is 11.4. The van der Waals surface area contributed by atoms with Crippen molar-refractivity contribution in [1.82, 2.24) is 10.2 Å². The van der Waals surface area contributed by atoms with Crippen molar-refractivity contribution in [2.24, 2.45) is 10.2 Å². The molecular weight excluding hydrogens is 328 g/mol. The van der Waals surface area contributed by atoms with E-state index < -0.39 is 11.2 Å². The van der Waals surface area contributed by atoms with Gasteiger partial charge in [0.2, 0.25) is 5.91 Å². The van der Waals surface area contributed by atoms with Crippen LogP contribution in [0.15, 0.2) is 34.5 Å². The van der Waals surface area contributed by atoms with Gasteiger partial charge in [0.25, 0.3) is 0 Å². The van der Waals surface area contributed by atoms with E-state index in [0.717, 1.165) is 17.3 Å². The maximum Gasteiger partial charge on any atom is 0.305 e. The van der Waals surface area contributed by atoms with Crippen molar-refractivity contribution in [3.05, 3.63) is 35.4 Å². The Hall–Kier alpha value is -2.19. The molecule has 1 heterocycles. The Bertz CT molecular complexity index is 670. The van der Waals surface area contributed by atoms with Gasteiger partial charge in [-0.2, -0.15) is 5.10 Å². The van der Waals surface area contributed by atoms with Gasteiger partial charge in [-0.15, -0.1) is 5.10 Å². The summed E-state index contributed by atoms with van der Waals surface area (Å²) in [5.41, 5.74) is 2.10. The van der Waals surface area contributed by atoms with Crippen LogP contribution in [0, 0.1) is 0 Å². The quantitative estimate of drug-likeness (QED) is 0.603. The molecule has 1 aliphatic rings. The minimum Gasteiger partial charge on any atom is -0.481 e. The average Bonchev–Trinajstić information content (AvgIpc) is 2.86. The van der Waals surface area contributed by atoms with Crippen LogP contribution < -0.4 is 5.32 Å².